The average molecular weight is 564 g/mol. The van der Waals surface area contributed by atoms with Crippen LogP contribution in [0.5, 0.6) is 5.75 Å². The molecule has 0 spiro atoms. The molecule has 0 aliphatic heterocycles. The average Bonchev–Trinajstić information content (AvgIpc) is 2.69. The van der Waals surface area contributed by atoms with Gasteiger partial charge in [-0.1, -0.05) is 0 Å². The summed E-state index contributed by atoms with van der Waals surface area (Å²) in [7, 11) is 1.37. The molecular formula is C20H26FIN4O6. The van der Waals surface area contributed by atoms with Crippen LogP contribution in [0.15, 0.2) is 27.8 Å². The van der Waals surface area contributed by atoms with Crippen LogP contribution in [0.4, 0.5) is 20.7 Å². The minimum Gasteiger partial charge on any atom is -0.399 e. The number of carbonyl (C=O) groups is 1. The molecule has 10 nitrogen and oxygen atoms in total. The lowest BCUT2D eigenvalue weighted by Gasteiger charge is -2.19. The lowest BCUT2D eigenvalue weighted by atomic mass is 10.2. The minimum absolute atomic E-state index is 0.00472. The molecule has 0 atom stereocenters. The summed E-state index contributed by atoms with van der Waals surface area (Å²) in [6.07, 6.45) is -1.09. The molecule has 1 aromatic carbocycles. The number of nitrogens with zero attached hydrogens (tertiary/aromatic N) is 2. The van der Waals surface area contributed by atoms with E-state index in [0.717, 1.165) is 9.13 Å². The van der Waals surface area contributed by atoms with E-state index in [-0.39, 0.29) is 36.9 Å². The van der Waals surface area contributed by atoms with Crippen LogP contribution in [0.3, 0.4) is 0 Å². The monoisotopic (exact) mass is 564 g/mol. The van der Waals surface area contributed by atoms with Crippen LogP contribution >= 0.6 is 22.6 Å². The molecule has 1 heterocycles. The van der Waals surface area contributed by atoms with Crippen molar-refractivity contribution in [3.8, 4) is 5.75 Å². The highest BCUT2D eigenvalue weighted by Crippen LogP contribution is 2.25. The van der Waals surface area contributed by atoms with Gasteiger partial charge in [0.1, 0.15) is 5.82 Å². The molecule has 0 aliphatic carbocycles. The van der Waals surface area contributed by atoms with Gasteiger partial charge in [-0.3, -0.25) is 18.8 Å². The highest BCUT2D eigenvalue weighted by atomic mass is 127. The molecule has 1 aromatic heterocycles. The zero-order valence-electron chi connectivity index (χ0n) is 18.5. The highest BCUT2D eigenvalue weighted by molar-refractivity contribution is 14.1. The van der Waals surface area contributed by atoms with Gasteiger partial charge in [0, 0.05) is 17.2 Å². The van der Waals surface area contributed by atoms with Gasteiger partial charge in [-0.2, -0.15) is 5.48 Å². The predicted octanol–water partition coefficient (Wildman–Crippen LogP) is 2.89. The van der Waals surface area contributed by atoms with Gasteiger partial charge in [0.15, 0.2) is 5.82 Å². The normalized spacial score (nSPS) is 11.3. The second kappa shape index (κ2) is 10.9. The quantitative estimate of drug-likeness (QED) is 0.288. The van der Waals surface area contributed by atoms with Crippen molar-refractivity contribution in [3.63, 3.8) is 0 Å². The van der Waals surface area contributed by atoms with Crippen LogP contribution in [-0.2, 0) is 23.2 Å². The van der Waals surface area contributed by atoms with Crippen LogP contribution in [0, 0.1) is 9.39 Å². The number of halogens is 2. The number of hydrogen-bond donors (Lipinski definition) is 2. The highest BCUT2D eigenvalue weighted by Gasteiger charge is 2.22. The summed E-state index contributed by atoms with van der Waals surface area (Å²) in [6, 6.07) is 4.35. The molecule has 176 valence electrons. The molecule has 2 rings (SSSR count). The van der Waals surface area contributed by atoms with E-state index in [9.17, 15) is 18.8 Å². The van der Waals surface area contributed by atoms with Gasteiger partial charge in [-0.15, -0.1) is 0 Å². The zero-order chi connectivity index (χ0) is 24.1. The summed E-state index contributed by atoms with van der Waals surface area (Å²) in [5.74, 6) is -1.28. The number of amides is 1. The van der Waals surface area contributed by atoms with E-state index < -0.39 is 28.9 Å². The summed E-state index contributed by atoms with van der Waals surface area (Å²) < 4.78 is 27.5. The minimum atomic E-state index is -1.09. The zero-order valence-corrected chi connectivity index (χ0v) is 20.6. The Bertz CT molecular complexity index is 1090. The molecular weight excluding hydrogens is 538 g/mol. The number of ether oxygens (including phenoxy) is 2. The van der Waals surface area contributed by atoms with E-state index in [1.54, 1.807) is 13.0 Å². The van der Waals surface area contributed by atoms with Gasteiger partial charge < -0.3 is 14.8 Å². The first-order chi connectivity index (χ1) is 14.9. The van der Waals surface area contributed by atoms with Crippen molar-refractivity contribution in [3.05, 3.63) is 48.4 Å². The van der Waals surface area contributed by atoms with Crippen molar-refractivity contribution in [2.75, 3.05) is 18.5 Å². The second-order valence-electron chi connectivity index (χ2n) is 7.62. The molecule has 0 saturated heterocycles. The molecule has 12 heteroatoms. The van der Waals surface area contributed by atoms with E-state index in [2.05, 4.69) is 5.32 Å². The molecule has 2 N–H and O–H groups in total. The first kappa shape index (κ1) is 25.8. The lowest BCUT2D eigenvalue weighted by Crippen LogP contribution is -2.41. The maximum atomic E-state index is 14.3. The van der Waals surface area contributed by atoms with Crippen molar-refractivity contribution in [2.24, 2.45) is 7.05 Å². The van der Waals surface area contributed by atoms with Crippen molar-refractivity contribution in [1.29, 1.82) is 0 Å². The van der Waals surface area contributed by atoms with Gasteiger partial charge >= 0.3 is 17.3 Å². The van der Waals surface area contributed by atoms with Crippen LogP contribution in [0.25, 0.3) is 0 Å². The summed E-state index contributed by atoms with van der Waals surface area (Å²) in [5.41, 5.74) is 0.166. The summed E-state index contributed by atoms with van der Waals surface area (Å²) in [5, 5.41) is 2.67. The van der Waals surface area contributed by atoms with Crippen LogP contribution in [0.2, 0.25) is 0 Å². The molecule has 0 unspecified atom stereocenters. The van der Waals surface area contributed by atoms with Crippen molar-refractivity contribution >= 4 is 40.2 Å². The predicted molar refractivity (Wildman–Crippen MR) is 125 cm³/mol. The molecule has 0 fully saturated rings. The van der Waals surface area contributed by atoms with Gasteiger partial charge in [-0.25, -0.2) is 14.0 Å². The van der Waals surface area contributed by atoms with Crippen LogP contribution < -0.4 is 26.8 Å². The summed E-state index contributed by atoms with van der Waals surface area (Å²) in [4.78, 5) is 42.5. The van der Waals surface area contributed by atoms with E-state index in [4.69, 9.17) is 14.3 Å². The Morgan fingerprint density at radius 3 is 2.50 bits per heavy atom. The number of hydrogen-bond acceptors (Lipinski definition) is 7. The second-order valence-corrected chi connectivity index (χ2v) is 8.86. The van der Waals surface area contributed by atoms with Gasteiger partial charge in [0.2, 0.25) is 5.75 Å². The SMILES string of the molecule is CCn1c(=O)c(OC(=O)NOCCOC(C)(C)C)c(Nc2ccc(I)cc2F)n(C)c1=O. The Kier molecular flexibility index (Phi) is 8.81. The third-order valence-corrected chi connectivity index (χ3v) is 4.75. The summed E-state index contributed by atoms with van der Waals surface area (Å²) in [6.45, 7) is 7.51. The van der Waals surface area contributed by atoms with E-state index in [0.29, 0.717) is 3.57 Å². The first-order valence-electron chi connectivity index (χ1n) is 9.74. The molecule has 2 aromatic rings. The molecule has 32 heavy (non-hydrogen) atoms. The van der Waals surface area contributed by atoms with E-state index in [1.807, 2.05) is 48.8 Å². The van der Waals surface area contributed by atoms with E-state index in [1.165, 1.54) is 19.2 Å². The molecule has 0 aliphatic rings. The first-order valence-corrected chi connectivity index (χ1v) is 10.8. The van der Waals surface area contributed by atoms with E-state index >= 15 is 0 Å². The fourth-order valence-corrected chi connectivity index (χ4v) is 3.04. The topological polar surface area (TPSA) is 113 Å². The Morgan fingerprint density at radius 2 is 1.91 bits per heavy atom. The molecule has 0 radical (unpaired) electrons. The fraction of sp³-hybridized carbons (Fsp3) is 0.450. The van der Waals surface area contributed by atoms with Gasteiger partial charge in [0.05, 0.1) is 24.5 Å². The Hall–Kier alpha value is -2.45. The van der Waals surface area contributed by atoms with Crippen molar-refractivity contribution < 1.29 is 23.5 Å². The number of hydroxylamine groups is 1. The lowest BCUT2D eigenvalue weighted by molar-refractivity contribution is -0.0514. The van der Waals surface area contributed by atoms with Crippen LogP contribution in [-0.4, -0.2) is 34.0 Å². The molecule has 1 amide bonds. The number of aromatic nitrogens is 2. The molecule has 0 bridgehead atoms. The number of nitrogens with one attached hydrogen (secondary N) is 2. The third-order valence-electron chi connectivity index (χ3n) is 4.08. The maximum absolute atomic E-state index is 14.3. The largest absolute Gasteiger partial charge is 0.437 e. The fourth-order valence-electron chi connectivity index (χ4n) is 2.58. The number of benzene rings is 1. The smallest absolute Gasteiger partial charge is 0.399 e. The van der Waals surface area contributed by atoms with Gasteiger partial charge in [-0.05, 0) is 68.5 Å². The Morgan fingerprint density at radius 1 is 1.22 bits per heavy atom. The standard InChI is InChI=1S/C20H26FIN4O6/c1-6-26-17(27)15(32-18(28)24-31-10-9-30-20(2,3)4)16(25(5)19(26)29)23-14-8-7-12(22)11-13(14)21/h7-8,11,23H,6,9-10H2,1-5H3,(H,24,28). The van der Waals surface area contributed by atoms with Crippen molar-refractivity contribution in [2.45, 2.75) is 39.8 Å². The van der Waals surface area contributed by atoms with Crippen molar-refractivity contribution in [1.82, 2.24) is 14.6 Å². The molecule has 0 saturated carbocycles. The Labute approximate surface area is 197 Å². The van der Waals surface area contributed by atoms with Crippen LogP contribution in [0.1, 0.15) is 27.7 Å². The number of anilines is 2. The number of rotatable bonds is 8. The number of carbonyl (C=O) groups excluding carboxylic acids is 1. The summed E-state index contributed by atoms with van der Waals surface area (Å²) >= 11 is 1.95. The maximum Gasteiger partial charge on any atom is 0.437 e. The third kappa shape index (κ3) is 6.77. The van der Waals surface area contributed by atoms with Gasteiger partial charge in [0.25, 0.3) is 0 Å². The Balaban J connectivity index is 2.28.